The van der Waals surface area contributed by atoms with Gasteiger partial charge in [0, 0.05) is 17.8 Å². The zero-order valence-electron chi connectivity index (χ0n) is 13.5. The molecule has 4 rings (SSSR count). The Balaban J connectivity index is 1.93. The van der Waals surface area contributed by atoms with E-state index >= 15 is 0 Å². The van der Waals surface area contributed by atoms with Gasteiger partial charge in [0.25, 0.3) is 5.91 Å². The van der Waals surface area contributed by atoms with Crippen molar-refractivity contribution in [2.75, 3.05) is 11.5 Å². The number of primary amides is 1. The number of fused-ring (bicyclic) bond motifs is 3. The second kappa shape index (κ2) is 5.04. The number of aromatic nitrogens is 3. The molecule has 7 nitrogen and oxygen atoms in total. The highest BCUT2D eigenvalue weighted by Crippen LogP contribution is 2.38. The topological polar surface area (TPSA) is 110 Å². The number of sulfone groups is 1. The van der Waals surface area contributed by atoms with Gasteiger partial charge < -0.3 is 5.73 Å². The molecule has 2 aromatic heterocycles. The fraction of sp³-hybridized carbons (Fsp3) is 0.375. The molecular formula is C16H17FN4O3S. The zero-order valence-corrected chi connectivity index (χ0v) is 14.4. The summed E-state index contributed by atoms with van der Waals surface area (Å²) in [7, 11) is -2.99. The Morgan fingerprint density at radius 3 is 2.68 bits per heavy atom. The van der Waals surface area contributed by atoms with Gasteiger partial charge in [-0.1, -0.05) is 6.92 Å². The van der Waals surface area contributed by atoms with Crippen molar-refractivity contribution in [3.05, 3.63) is 35.3 Å². The number of rotatable bonds is 2. The quantitative estimate of drug-likeness (QED) is 0.718. The number of hydrogen-bond acceptors (Lipinski definition) is 4. The zero-order chi connectivity index (χ0) is 18.0. The van der Waals surface area contributed by atoms with Crippen molar-refractivity contribution in [1.82, 2.24) is 14.6 Å². The first-order valence-electron chi connectivity index (χ1n) is 7.90. The molecule has 132 valence electrons. The van der Waals surface area contributed by atoms with Gasteiger partial charge in [-0.3, -0.25) is 9.89 Å². The summed E-state index contributed by atoms with van der Waals surface area (Å²) in [5.41, 5.74) is 7.23. The van der Waals surface area contributed by atoms with Crippen LogP contribution in [0.1, 0.15) is 35.7 Å². The first-order chi connectivity index (χ1) is 11.7. The third-order valence-electron chi connectivity index (χ3n) is 5.14. The normalized spacial score (nSPS) is 19.4. The minimum Gasteiger partial charge on any atom is -0.366 e. The van der Waals surface area contributed by atoms with Crippen molar-refractivity contribution < 1.29 is 17.6 Å². The summed E-state index contributed by atoms with van der Waals surface area (Å²) in [6.45, 7) is 2.00. The summed E-state index contributed by atoms with van der Waals surface area (Å²) in [6, 6.07) is 2.34. The van der Waals surface area contributed by atoms with Gasteiger partial charge in [0.05, 0.1) is 22.6 Å². The molecule has 3 N–H and O–H groups in total. The van der Waals surface area contributed by atoms with E-state index in [-0.39, 0.29) is 22.5 Å². The van der Waals surface area contributed by atoms with Gasteiger partial charge >= 0.3 is 0 Å². The number of nitrogens with two attached hydrogens (primary N) is 1. The van der Waals surface area contributed by atoms with Crippen molar-refractivity contribution in [3.8, 4) is 0 Å². The van der Waals surface area contributed by atoms with E-state index in [1.807, 2.05) is 6.92 Å². The number of halogens is 1. The van der Waals surface area contributed by atoms with E-state index < -0.39 is 21.6 Å². The van der Waals surface area contributed by atoms with Crippen LogP contribution >= 0.6 is 0 Å². The number of carbonyl (C=O) groups is 1. The number of nitrogens with one attached hydrogen (secondary N) is 1. The molecule has 1 saturated heterocycles. The van der Waals surface area contributed by atoms with Gasteiger partial charge in [-0.15, -0.1) is 0 Å². The van der Waals surface area contributed by atoms with Crippen molar-refractivity contribution in [2.45, 2.75) is 25.2 Å². The van der Waals surface area contributed by atoms with Crippen LogP contribution in [-0.2, 0) is 15.3 Å². The van der Waals surface area contributed by atoms with E-state index in [1.165, 1.54) is 6.07 Å². The van der Waals surface area contributed by atoms with Crippen LogP contribution in [0.15, 0.2) is 18.3 Å². The molecule has 0 unspecified atom stereocenters. The summed E-state index contributed by atoms with van der Waals surface area (Å²) < 4.78 is 38.9. The van der Waals surface area contributed by atoms with Crippen LogP contribution in [0.4, 0.5) is 4.39 Å². The van der Waals surface area contributed by atoms with E-state index in [2.05, 4.69) is 10.1 Å². The molecule has 25 heavy (non-hydrogen) atoms. The Labute approximate surface area is 142 Å². The minimum atomic E-state index is -2.99. The van der Waals surface area contributed by atoms with Crippen molar-refractivity contribution >= 4 is 32.4 Å². The lowest BCUT2D eigenvalue weighted by Gasteiger charge is -2.32. The summed E-state index contributed by atoms with van der Waals surface area (Å²) in [5.74, 6) is -1.07. The SMILES string of the molecule is CC1(c2c[nH]n3c2nc2cc(F)cc(C(N)=O)c23)CCS(=O)(=O)CC1. The molecule has 1 amide bonds. The first kappa shape index (κ1) is 16.1. The van der Waals surface area contributed by atoms with Gasteiger partial charge in [0.1, 0.15) is 21.2 Å². The molecule has 0 atom stereocenters. The average Bonchev–Trinajstić information content (AvgIpc) is 3.08. The maximum absolute atomic E-state index is 13.8. The monoisotopic (exact) mass is 364 g/mol. The lowest BCUT2D eigenvalue weighted by molar-refractivity contribution is 0.100. The van der Waals surface area contributed by atoms with Crippen LogP contribution < -0.4 is 5.73 Å². The first-order valence-corrected chi connectivity index (χ1v) is 9.72. The number of aromatic amines is 1. The lowest BCUT2D eigenvalue weighted by Crippen LogP contribution is -2.34. The number of amides is 1. The van der Waals surface area contributed by atoms with Crippen LogP contribution in [0.3, 0.4) is 0 Å². The van der Waals surface area contributed by atoms with Gasteiger partial charge in [0.2, 0.25) is 0 Å². The van der Waals surface area contributed by atoms with Crippen molar-refractivity contribution in [1.29, 1.82) is 0 Å². The van der Waals surface area contributed by atoms with Crippen LogP contribution in [0.25, 0.3) is 16.7 Å². The number of hydrogen-bond donors (Lipinski definition) is 2. The molecule has 1 aliphatic rings. The highest BCUT2D eigenvalue weighted by Gasteiger charge is 2.37. The largest absolute Gasteiger partial charge is 0.366 e. The summed E-state index contributed by atoms with van der Waals surface area (Å²) in [4.78, 5) is 16.2. The number of carbonyl (C=O) groups excluding carboxylic acids is 1. The fourth-order valence-corrected chi connectivity index (χ4v) is 5.29. The van der Waals surface area contributed by atoms with Crippen LogP contribution in [0.5, 0.6) is 0 Å². The van der Waals surface area contributed by atoms with E-state index in [0.717, 1.165) is 11.6 Å². The Bertz CT molecular complexity index is 1120. The molecule has 0 radical (unpaired) electrons. The molecule has 0 spiro atoms. The van der Waals surface area contributed by atoms with E-state index in [4.69, 9.17) is 5.73 Å². The number of H-pyrrole nitrogens is 1. The van der Waals surface area contributed by atoms with Gasteiger partial charge in [-0.05, 0) is 24.3 Å². The Kier molecular flexibility index (Phi) is 3.24. The van der Waals surface area contributed by atoms with Crippen molar-refractivity contribution in [2.24, 2.45) is 5.73 Å². The molecular weight excluding hydrogens is 347 g/mol. The molecule has 0 bridgehead atoms. The standard InChI is InChI=1S/C16H17FN4O3S/c1-16(2-4-25(23,24)5-3-16)11-8-19-21-13-10(14(18)22)6-9(17)7-12(13)20-15(11)21/h6-8,19H,2-5H2,1H3,(H2,18,22). The molecule has 1 aromatic carbocycles. The van der Waals surface area contributed by atoms with Gasteiger partial charge in [-0.2, -0.15) is 0 Å². The van der Waals surface area contributed by atoms with Crippen molar-refractivity contribution in [3.63, 3.8) is 0 Å². The summed E-state index contributed by atoms with van der Waals surface area (Å²) in [5, 5.41) is 3.04. The maximum atomic E-state index is 13.8. The Morgan fingerprint density at radius 2 is 2.04 bits per heavy atom. The second-order valence-corrected chi connectivity index (χ2v) is 9.16. The number of nitrogens with zero attached hydrogens (tertiary/aromatic N) is 2. The minimum absolute atomic E-state index is 0.0484. The van der Waals surface area contributed by atoms with E-state index in [1.54, 1.807) is 10.7 Å². The van der Waals surface area contributed by atoms with E-state index in [9.17, 15) is 17.6 Å². The summed E-state index contributed by atoms with van der Waals surface area (Å²) in [6.07, 6.45) is 2.75. The van der Waals surface area contributed by atoms with Gasteiger partial charge in [0.15, 0.2) is 5.65 Å². The highest BCUT2D eigenvalue weighted by molar-refractivity contribution is 7.91. The smallest absolute Gasteiger partial charge is 0.251 e. The molecule has 1 fully saturated rings. The predicted molar refractivity (Wildman–Crippen MR) is 90.8 cm³/mol. The van der Waals surface area contributed by atoms with Crippen LogP contribution in [0, 0.1) is 5.82 Å². The third-order valence-corrected chi connectivity index (χ3v) is 6.79. The number of benzene rings is 1. The van der Waals surface area contributed by atoms with Gasteiger partial charge in [-0.25, -0.2) is 22.3 Å². The Hall–Kier alpha value is -2.42. The van der Waals surface area contributed by atoms with E-state index in [0.29, 0.717) is 29.5 Å². The average molecular weight is 364 g/mol. The maximum Gasteiger partial charge on any atom is 0.251 e. The molecule has 0 saturated carbocycles. The second-order valence-electron chi connectivity index (χ2n) is 6.86. The van der Waals surface area contributed by atoms with Crippen LogP contribution in [0.2, 0.25) is 0 Å². The Morgan fingerprint density at radius 1 is 1.36 bits per heavy atom. The third kappa shape index (κ3) is 2.41. The molecule has 0 aliphatic carbocycles. The van der Waals surface area contributed by atoms with Crippen LogP contribution in [-0.4, -0.2) is 40.4 Å². The molecule has 3 aromatic rings. The summed E-state index contributed by atoms with van der Waals surface area (Å²) >= 11 is 0. The fourth-order valence-electron chi connectivity index (χ4n) is 3.57. The molecule has 9 heteroatoms. The molecule has 3 heterocycles. The molecule has 1 aliphatic heterocycles. The lowest BCUT2D eigenvalue weighted by atomic mass is 9.79. The predicted octanol–water partition coefficient (Wildman–Crippen LogP) is 1.52. The number of imidazole rings is 1. The highest BCUT2D eigenvalue weighted by atomic mass is 32.2.